The summed E-state index contributed by atoms with van der Waals surface area (Å²) >= 11 is 6.61. The van der Waals surface area contributed by atoms with E-state index in [0.717, 1.165) is 22.9 Å². The zero-order valence-corrected chi connectivity index (χ0v) is 20.2. The second-order valence-electron chi connectivity index (χ2n) is 8.26. The lowest BCUT2D eigenvalue weighted by atomic mass is 10.1. The number of nitro groups is 1. The number of hydrogen-bond acceptors (Lipinski definition) is 7. The van der Waals surface area contributed by atoms with Crippen LogP contribution < -0.4 is 5.32 Å². The second-order valence-corrected chi connectivity index (χ2v) is 9.91. The van der Waals surface area contributed by atoms with Crippen molar-refractivity contribution in [3.05, 3.63) is 80.7 Å². The van der Waals surface area contributed by atoms with Gasteiger partial charge in [-0.25, -0.2) is 4.79 Å². The monoisotopic (exact) mass is 485 g/mol. The molecule has 172 valence electrons. The van der Waals surface area contributed by atoms with Gasteiger partial charge in [0, 0.05) is 17.7 Å². The number of nitrogens with one attached hydrogen (secondary N) is 1. The van der Waals surface area contributed by atoms with Gasteiger partial charge in [0.05, 0.1) is 9.83 Å². The first-order valence-electron chi connectivity index (χ1n) is 10.0. The van der Waals surface area contributed by atoms with Crippen molar-refractivity contribution in [2.75, 3.05) is 0 Å². The SMILES string of the molecule is C/C(=C1/SC(=S)N(C(NC(=O)OC(C)(C)C)c2cccc([N+](=O)[O-])c2)C1=O)c1ccccc1. The van der Waals surface area contributed by atoms with Crippen molar-refractivity contribution in [2.24, 2.45) is 0 Å². The third kappa shape index (κ3) is 5.77. The summed E-state index contributed by atoms with van der Waals surface area (Å²) in [6, 6.07) is 15.1. The van der Waals surface area contributed by atoms with E-state index in [1.165, 1.54) is 23.1 Å². The first kappa shape index (κ1) is 24.4. The molecule has 3 rings (SSSR count). The molecular formula is C23H23N3O5S2. The quantitative estimate of drug-likeness (QED) is 0.261. The van der Waals surface area contributed by atoms with Gasteiger partial charge in [0.2, 0.25) is 0 Å². The Bertz CT molecular complexity index is 1140. The first-order valence-corrected chi connectivity index (χ1v) is 11.3. The summed E-state index contributed by atoms with van der Waals surface area (Å²) in [4.78, 5) is 38.5. The minimum absolute atomic E-state index is 0.176. The Kier molecular flexibility index (Phi) is 7.19. The number of benzene rings is 2. The van der Waals surface area contributed by atoms with Gasteiger partial charge in [-0.15, -0.1) is 0 Å². The van der Waals surface area contributed by atoms with Gasteiger partial charge in [-0.05, 0) is 38.8 Å². The number of thioether (sulfide) groups is 1. The third-order valence-electron chi connectivity index (χ3n) is 4.65. The Labute approximate surface area is 201 Å². The van der Waals surface area contributed by atoms with Gasteiger partial charge in [0.25, 0.3) is 11.6 Å². The van der Waals surface area contributed by atoms with Crippen LogP contribution in [0, 0.1) is 10.1 Å². The Morgan fingerprint density at radius 1 is 1.18 bits per heavy atom. The molecule has 1 aliphatic rings. The average Bonchev–Trinajstić information content (AvgIpc) is 3.04. The lowest BCUT2D eigenvalue weighted by Gasteiger charge is -2.29. The highest BCUT2D eigenvalue weighted by atomic mass is 32.2. The van der Waals surface area contributed by atoms with Gasteiger partial charge in [0.1, 0.15) is 16.1 Å². The normalized spacial score (nSPS) is 16.4. The molecule has 1 fully saturated rings. The van der Waals surface area contributed by atoms with E-state index in [9.17, 15) is 19.7 Å². The maximum atomic E-state index is 13.5. The zero-order chi connectivity index (χ0) is 24.3. The molecule has 8 nitrogen and oxygen atoms in total. The van der Waals surface area contributed by atoms with Crippen molar-refractivity contribution in [1.82, 2.24) is 10.2 Å². The fraction of sp³-hybridized carbons (Fsp3) is 0.261. The van der Waals surface area contributed by atoms with E-state index in [1.807, 2.05) is 37.3 Å². The van der Waals surface area contributed by atoms with Crippen molar-refractivity contribution in [3.63, 3.8) is 0 Å². The van der Waals surface area contributed by atoms with Crippen LogP contribution in [0.4, 0.5) is 10.5 Å². The number of carbonyl (C=O) groups is 2. The standard InChI is InChI=1S/C23H23N3O5S2/c1-14(15-9-6-5-7-10-15)18-20(27)25(22(32)33-18)19(24-21(28)31-23(2,3)4)16-11-8-12-17(13-16)26(29)30/h5-13,19H,1-4H3,(H,24,28)/b18-14-. The van der Waals surface area contributed by atoms with E-state index < -0.39 is 28.7 Å². The number of allylic oxidation sites excluding steroid dienone is 1. The van der Waals surface area contributed by atoms with Crippen LogP contribution in [0.1, 0.15) is 45.0 Å². The first-order chi connectivity index (χ1) is 15.5. The molecule has 1 heterocycles. The van der Waals surface area contributed by atoms with Crippen LogP contribution in [-0.4, -0.2) is 31.7 Å². The molecule has 1 atom stereocenters. The number of hydrogen-bond donors (Lipinski definition) is 1. The molecule has 0 aliphatic carbocycles. The Hall–Kier alpha value is -3.24. The number of rotatable bonds is 5. The third-order valence-corrected chi connectivity index (χ3v) is 6.16. The van der Waals surface area contributed by atoms with Gasteiger partial charge in [-0.1, -0.05) is 66.4 Å². The number of amides is 2. The summed E-state index contributed by atoms with van der Waals surface area (Å²) < 4.78 is 5.58. The number of nitrogens with zero attached hydrogens (tertiary/aromatic N) is 2. The molecule has 1 N–H and O–H groups in total. The fourth-order valence-corrected chi connectivity index (χ4v) is 4.53. The van der Waals surface area contributed by atoms with E-state index in [0.29, 0.717) is 10.5 Å². The van der Waals surface area contributed by atoms with Crippen LogP contribution in [0.2, 0.25) is 0 Å². The maximum Gasteiger partial charge on any atom is 0.409 e. The van der Waals surface area contributed by atoms with E-state index in [2.05, 4.69) is 5.32 Å². The summed E-state index contributed by atoms with van der Waals surface area (Å²) in [5, 5.41) is 14.0. The molecule has 0 saturated carbocycles. The van der Waals surface area contributed by atoms with Gasteiger partial charge >= 0.3 is 6.09 Å². The van der Waals surface area contributed by atoms with Crippen molar-refractivity contribution >= 4 is 51.6 Å². The summed E-state index contributed by atoms with van der Waals surface area (Å²) in [6.45, 7) is 6.95. The predicted molar refractivity (Wildman–Crippen MR) is 131 cm³/mol. The molecule has 0 spiro atoms. The Morgan fingerprint density at radius 2 is 1.85 bits per heavy atom. The van der Waals surface area contributed by atoms with Crippen molar-refractivity contribution in [2.45, 2.75) is 39.5 Å². The minimum Gasteiger partial charge on any atom is -0.444 e. The molecule has 1 saturated heterocycles. The smallest absolute Gasteiger partial charge is 0.409 e. The molecule has 2 aromatic rings. The molecular weight excluding hydrogens is 462 g/mol. The largest absolute Gasteiger partial charge is 0.444 e. The van der Waals surface area contributed by atoms with Gasteiger partial charge in [-0.2, -0.15) is 0 Å². The topological polar surface area (TPSA) is 102 Å². The molecule has 1 unspecified atom stereocenters. The highest BCUT2D eigenvalue weighted by Crippen LogP contribution is 2.40. The van der Waals surface area contributed by atoms with Gasteiger partial charge in [-0.3, -0.25) is 25.1 Å². The molecule has 33 heavy (non-hydrogen) atoms. The molecule has 10 heteroatoms. The molecule has 0 bridgehead atoms. The molecule has 0 radical (unpaired) electrons. The zero-order valence-electron chi connectivity index (χ0n) is 18.5. The molecule has 2 aromatic carbocycles. The number of alkyl carbamates (subject to hydrolysis) is 1. The van der Waals surface area contributed by atoms with Crippen LogP contribution in [0.25, 0.3) is 5.57 Å². The molecule has 0 aromatic heterocycles. The Balaban J connectivity index is 2.03. The summed E-state index contributed by atoms with van der Waals surface area (Å²) in [6.07, 6.45) is -1.87. The summed E-state index contributed by atoms with van der Waals surface area (Å²) in [7, 11) is 0. The van der Waals surface area contributed by atoms with Crippen LogP contribution in [0.5, 0.6) is 0 Å². The average molecular weight is 486 g/mol. The molecule has 1 aliphatic heterocycles. The van der Waals surface area contributed by atoms with E-state index in [4.69, 9.17) is 17.0 Å². The van der Waals surface area contributed by atoms with E-state index in [1.54, 1.807) is 26.8 Å². The van der Waals surface area contributed by atoms with Crippen LogP contribution >= 0.6 is 24.0 Å². The van der Waals surface area contributed by atoms with Gasteiger partial charge in [0.15, 0.2) is 0 Å². The minimum atomic E-state index is -1.09. The van der Waals surface area contributed by atoms with Crippen LogP contribution in [0.3, 0.4) is 0 Å². The van der Waals surface area contributed by atoms with Gasteiger partial charge < -0.3 is 4.74 Å². The summed E-state index contributed by atoms with van der Waals surface area (Å²) in [5.41, 5.74) is 0.974. The predicted octanol–water partition coefficient (Wildman–Crippen LogP) is 5.41. The Morgan fingerprint density at radius 3 is 2.45 bits per heavy atom. The summed E-state index contributed by atoms with van der Waals surface area (Å²) in [5.74, 6) is -0.404. The second kappa shape index (κ2) is 9.72. The number of thiocarbonyl (C=S) groups is 1. The number of carbonyl (C=O) groups excluding carboxylic acids is 2. The maximum absolute atomic E-state index is 13.5. The highest BCUT2D eigenvalue weighted by molar-refractivity contribution is 8.26. The van der Waals surface area contributed by atoms with Crippen LogP contribution in [0.15, 0.2) is 59.5 Å². The number of nitro benzene ring substituents is 1. The molecule has 2 amide bonds. The van der Waals surface area contributed by atoms with Crippen molar-refractivity contribution in [3.8, 4) is 0 Å². The van der Waals surface area contributed by atoms with E-state index in [-0.39, 0.29) is 10.0 Å². The van der Waals surface area contributed by atoms with E-state index >= 15 is 0 Å². The lowest BCUT2D eigenvalue weighted by Crippen LogP contribution is -2.45. The highest BCUT2D eigenvalue weighted by Gasteiger charge is 2.40. The number of non-ortho nitro benzene ring substituents is 1. The number of ether oxygens (including phenoxy) is 1. The fourth-order valence-electron chi connectivity index (χ4n) is 3.18. The lowest BCUT2D eigenvalue weighted by molar-refractivity contribution is -0.385. The van der Waals surface area contributed by atoms with Crippen molar-refractivity contribution in [1.29, 1.82) is 0 Å². The van der Waals surface area contributed by atoms with Crippen LogP contribution in [-0.2, 0) is 9.53 Å². The van der Waals surface area contributed by atoms with Crippen molar-refractivity contribution < 1.29 is 19.2 Å².